The van der Waals surface area contributed by atoms with Crippen LogP contribution in [0.25, 0.3) is 0 Å². The fourth-order valence-electron chi connectivity index (χ4n) is 2.11. The van der Waals surface area contributed by atoms with Crippen molar-refractivity contribution in [3.63, 3.8) is 0 Å². The summed E-state index contributed by atoms with van der Waals surface area (Å²) in [6, 6.07) is 11.8. The van der Waals surface area contributed by atoms with Gasteiger partial charge in [-0.2, -0.15) is 18.3 Å². The third kappa shape index (κ3) is 6.93. The number of benzene rings is 2. The number of amides is 2. The number of nitrogens with zero attached hydrogens (tertiary/aromatic N) is 1. The number of halogens is 3. The Hall–Kier alpha value is -3.16. The number of carbonyl (C=O) groups excluding carboxylic acids is 2. The molecular weight excluding hydrogens is 359 g/mol. The van der Waals surface area contributed by atoms with Gasteiger partial charge in [0, 0.05) is 18.5 Å². The number of nitrogens with one attached hydrogen (secondary N) is 2. The van der Waals surface area contributed by atoms with Crippen molar-refractivity contribution in [3.8, 4) is 0 Å². The molecule has 2 N–H and O–H groups in total. The van der Waals surface area contributed by atoms with Crippen LogP contribution in [0, 0.1) is 6.92 Å². The maximum absolute atomic E-state index is 12.6. The highest BCUT2D eigenvalue weighted by atomic mass is 19.4. The van der Waals surface area contributed by atoms with Gasteiger partial charge in [0.25, 0.3) is 0 Å². The summed E-state index contributed by atoms with van der Waals surface area (Å²) in [5.41, 5.74) is 3.37. The van der Waals surface area contributed by atoms with Crippen LogP contribution in [0.3, 0.4) is 0 Å². The van der Waals surface area contributed by atoms with Gasteiger partial charge in [-0.3, -0.25) is 9.59 Å². The first-order valence-electron chi connectivity index (χ1n) is 8.10. The molecule has 0 heterocycles. The monoisotopic (exact) mass is 377 g/mol. The van der Waals surface area contributed by atoms with Gasteiger partial charge in [0.05, 0.1) is 11.8 Å². The van der Waals surface area contributed by atoms with Gasteiger partial charge < -0.3 is 5.32 Å². The standard InChI is InChI=1S/C19H18F3N3O2/c1-13-5-7-14(8-6-13)12-23-25-18(27)10-9-17(26)24-16-4-2-3-15(11-16)19(20,21)22/h2-8,11-12H,9-10H2,1H3,(H,24,26)(H,25,27). The molecule has 142 valence electrons. The zero-order valence-electron chi connectivity index (χ0n) is 14.5. The number of rotatable bonds is 6. The van der Waals surface area contributed by atoms with E-state index in [1.165, 1.54) is 18.3 Å². The third-order valence-electron chi connectivity index (χ3n) is 3.53. The molecule has 0 bridgehead atoms. The van der Waals surface area contributed by atoms with Gasteiger partial charge in [0.2, 0.25) is 11.8 Å². The van der Waals surface area contributed by atoms with E-state index in [0.29, 0.717) is 0 Å². The van der Waals surface area contributed by atoms with Crippen LogP contribution in [0.4, 0.5) is 18.9 Å². The number of hydrogen-bond donors (Lipinski definition) is 2. The van der Waals surface area contributed by atoms with E-state index in [-0.39, 0.29) is 18.5 Å². The van der Waals surface area contributed by atoms with Crippen molar-refractivity contribution in [2.75, 3.05) is 5.32 Å². The summed E-state index contributed by atoms with van der Waals surface area (Å²) < 4.78 is 37.9. The Morgan fingerprint density at radius 3 is 2.37 bits per heavy atom. The van der Waals surface area contributed by atoms with Crippen LogP contribution in [-0.2, 0) is 15.8 Å². The molecular formula is C19H18F3N3O2. The van der Waals surface area contributed by atoms with E-state index in [0.717, 1.165) is 23.3 Å². The van der Waals surface area contributed by atoms with E-state index in [1.54, 1.807) is 0 Å². The summed E-state index contributed by atoms with van der Waals surface area (Å²) in [6.45, 7) is 1.95. The molecule has 0 saturated carbocycles. The first kappa shape index (κ1) is 20.2. The Morgan fingerprint density at radius 2 is 1.70 bits per heavy atom. The van der Waals surface area contributed by atoms with Crippen LogP contribution in [0.15, 0.2) is 53.6 Å². The van der Waals surface area contributed by atoms with Crippen molar-refractivity contribution >= 4 is 23.7 Å². The number of carbonyl (C=O) groups is 2. The Bertz CT molecular complexity index is 831. The molecule has 2 aromatic carbocycles. The van der Waals surface area contributed by atoms with Crippen LogP contribution in [0.2, 0.25) is 0 Å². The Morgan fingerprint density at radius 1 is 1.04 bits per heavy atom. The molecule has 0 atom stereocenters. The summed E-state index contributed by atoms with van der Waals surface area (Å²) in [4.78, 5) is 23.5. The van der Waals surface area contributed by atoms with E-state index in [9.17, 15) is 22.8 Å². The largest absolute Gasteiger partial charge is 0.416 e. The molecule has 2 rings (SSSR count). The Labute approximate surface area is 154 Å². The summed E-state index contributed by atoms with van der Waals surface area (Å²) >= 11 is 0. The minimum Gasteiger partial charge on any atom is -0.326 e. The maximum Gasteiger partial charge on any atom is 0.416 e. The number of alkyl halides is 3. The molecule has 0 saturated heterocycles. The minimum absolute atomic E-state index is 0.0209. The zero-order valence-corrected chi connectivity index (χ0v) is 14.5. The quantitative estimate of drug-likeness (QED) is 0.592. The molecule has 0 unspecified atom stereocenters. The fourth-order valence-corrected chi connectivity index (χ4v) is 2.11. The smallest absolute Gasteiger partial charge is 0.326 e. The van der Waals surface area contributed by atoms with Gasteiger partial charge in [-0.15, -0.1) is 0 Å². The molecule has 8 heteroatoms. The van der Waals surface area contributed by atoms with Crippen molar-refractivity contribution < 1.29 is 22.8 Å². The van der Waals surface area contributed by atoms with Crippen molar-refractivity contribution in [1.29, 1.82) is 0 Å². The molecule has 2 aromatic rings. The molecule has 0 aliphatic heterocycles. The van der Waals surface area contributed by atoms with Crippen molar-refractivity contribution in [1.82, 2.24) is 5.43 Å². The highest BCUT2D eigenvalue weighted by Gasteiger charge is 2.30. The van der Waals surface area contributed by atoms with Crippen LogP contribution in [-0.4, -0.2) is 18.0 Å². The second kappa shape index (κ2) is 8.98. The molecule has 0 aromatic heterocycles. The lowest BCUT2D eigenvalue weighted by Gasteiger charge is -2.09. The second-order valence-electron chi connectivity index (χ2n) is 5.83. The molecule has 0 aliphatic rings. The topological polar surface area (TPSA) is 70.6 Å². The summed E-state index contributed by atoms with van der Waals surface area (Å²) in [5.74, 6) is -1.04. The van der Waals surface area contributed by atoms with Gasteiger partial charge in [0.1, 0.15) is 0 Å². The first-order chi connectivity index (χ1) is 12.7. The number of hydrogen-bond acceptors (Lipinski definition) is 3. The summed E-state index contributed by atoms with van der Waals surface area (Å²) in [7, 11) is 0. The number of anilines is 1. The highest BCUT2D eigenvalue weighted by molar-refractivity contribution is 5.93. The number of hydrazone groups is 1. The van der Waals surface area contributed by atoms with Crippen molar-refractivity contribution in [3.05, 3.63) is 65.2 Å². The van der Waals surface area contributed by atoms with Gasteiger partial charge in [-0.05, 0) is 30.7 Å². The van der Waals surface area contributed by atoms with E-state index >= 15 is 0 Å². The number of aryl methyl sites for hydroxylation is 1. The van der Waals surface area contributed by atoms with Gasteiger partial charge >= 0.3 is 6.18 Å². The predicted molar refractivity (Wildman–Crippen MR) is 96.2 cm³/mol. The minimum atomic E-state index is -4.49. The van der Waals surface area contributed by atoms with E-state index < -0.39 is 23.6 Å². The second-order valence-corrected chi connectivity index (χ2v) is 5.83. The zero-order chi connectivity index (χ0) is 19.9. The maximum atomic E-state index is 12.6. The molecule has 2 amide bonds. The highest BCUT2D eigenvalue weighted by Crippen LogP contribution is 2.30. The third-order valence-corrected chi connectivity index (χ3v) is 3.53. The fraction of sp³-hybridized carbons (Fsp3) is 0.211. The average molecular weight is 377 g/mol. The van der Waals surface area contributed by atoms with Crippen LogP contribution in [0.1, 0.15) is 29.5 Å². The lowest BCUT2D eigenvalue weighted by Crippen LogP contribution is -2.20. The molecule has 0 radical (unpaired) electrons. The molecule has 0 aliphatic carbocycles. The first-order valence-corrected chi connectivity index (χ1v) is 8.10. The predicted octanol–water partition coefficient (Wildman–Crippen LogP) is 3.88. The lowest BCUT2D eigenvalue weighted by atomic mass is 10.2. The van der Waals surface area contributed by atoms with Crippen molar-refractivity contribution in [2.24, 2.45) is 5.10 Å². The van der Waals surface area contributed by atoms with Crippen LogP contribution < -0.4 is 10.7 Å². The van der Waals surface area contributed by atoms with Gasteiger partial charge in [-0.25, -0.2) is 5.43 Å². The Kier molecular flexibility index (Phi) is 6.70. The molecule has 0 fully saturated rings. The van der Waals surface area contributed by atoms with Crippen molar-refractivity contribution in [2.45, 2.75) is 25.9 Å². The van der Waals surface area contributed by atoms with E-state index in [1.807, 2.05) is 31.2 Å². The summed E-state index contributed by atoms with van der Waals surface area (Å²) in [5, 5.41) is 6.13. The van der Waals surface area contributed by atoms with E-state index in [2.05, 4.69) is 15.8 Å². The SMILES string of the molecule is Cc1ccc(C=NNC(=O)CCC(=O)Nc2cccc(C(F)(F)F)c2)cc1. The normalized spacial score (nSPS) is 11.4. The Balaban J connectivity index is 1.78. The summed E-state index contributed by atoms with van der Waals surface area (Å²) in [6.07, 6.45) is -3.34. The average Bonchev–Trinajstić information content (AvgIpc) is 2.61. The molecule has 0 spiro atoms. The molecule has 27 heavy (non-hydrogen) atoms. The van der Waals surface area contributed by atoms with Crippen LogP contribution >= 0.6 is 0 Å². The van der Waals surface area contributed by atoms with Gasteiger partial charge in [0.15, 0.2) is 0 Å². The lowest BCUT2D eigenvalue weighted by molar-refractivity contribution is -0.137. The van der Waals surface area contributed by atoms with Crippen LogP contribution in [0.5, 0.6) is 0 Å². The van der Waals surface area contributed by atoms with Gasteiger partial charge in [-0.1, -0.05) is 35.9 Å². The van der Waals surface area contributed by atoms with E-state index in [4.69, 9.17) is 0 Å². The molecule has 5 nitrogen and oxygen atoms in total.